The van der Waals surface area contributed by atoms with E-state index in [1.165, 1.54) is 21.3 Å². The Morgan fingerprint density at radius 2 is 1.75 bits per heavy atom. The lowest BCUT2D eigenvalue weighted by molar-refractivity contribution is 0.102. The molecule has 1 aliphatic rings. The SMILES string of the molecule is C=C1C=C(C)C=CN1/C=C(\N)c1cccc(NC(=O)c2cc(OC)c(OC)c(OC)c2)c1. The number of nitrogens with zero attached hydrogens (tertiary/aromatic N) is 1. The molecule has 0 radical (unpaired) electrons. The Kier molecular flexibility index (Phi) is 6.90. The van der Waals surface area contributed by atoms with Gasteiger partial charge in [-0.1, -0.05) is 18.7 Å². The topological polar surface area (TPSA) is 86.1 Å². The number of carbonyl (C=O) groups excluding carboxylic acids is 1. The Labute approximate surface area is 188 Å². The average Bonchev–Trinajstić information content (AvgIpc) is 2.79. The average molecular weight is 434 g/mol. The largest absolute Gasteiger partial charge is 0.493 e. The van der Waals surface area contributed by atoms with Crippen molar-refractivity contribution in [3.63, 3.8) is 0 Å². The molecule has 1 amide bonds. The van der Waals surface area contributed by atoms with Crippen LogP contribution < -0.4 is 25.3 Å². The van der Waals surface area contributed by atoms with Gasteiger partial charge in [0.15, 0.2) is 11.5 Å². The molecule has 3 N–H and O–H groups in total. The van der Waals surface area contributed by atoms with Crippen molar-refractivity contribution in [3.8, 4) is 17.2 Å². The zero-order valence-corrected chi connectivity index (χ0v) is 18.6. The van der Waals surface area contributed by atoms with Gasteiger partial charge >= 0.3 is 0 Å². The summed E-state index contributed by atoms with van der Waals surface area (Å²) in [5.41, 5.74) is 10.5. The van der Waals surface area contributed by atoms with Gasteiger partial charge in [0.1, 0.15) is 0 Å². The second kappa shape index (κ2) is 9.78. The van der Waals surface area contributed by atoms with Crippen LogP contribution in [0.5, 0.6) is 17.2 Å². The van der Waals surface area contributed by atoms with E-state index < -0.39 is 0 Å². The number of nitrogens with one attached hydrogen (secondary N) is 1. The minimum Gasteiger partial charge on any atom is -0.493 e. The van der Waals surface area contributed by atoms with Gasteiger partial charge in [0.2, 0.25) is 5.75 Å². The van der Waals surface area contributed by atoms with Crippen molar-refractivity contribution >= 4 is 17.3 Å². The number of rotatable bonds is 7. The highest BCUT2D eigenvalue weighted by molar-refractivity contribution is 6.05. The van der Waals surface area contributed by atoms with E-state index in [-0.39, 0.29) is 5.91 Å². The van der Waals surface area contributed by atoms with Crippen LogP contribution in [-0.4, -0.2) is 32.1 Å². The first-order valence-electron chi connectivity index (χ1n) is 9.89. The molecule has 0 unspecified atom stereocenters. The maximum absolute atomic E-state index is 12.9. The van der Waals surface area contributed by atoms with Gasteiger partial charge < -0.3 is 30.2 Å². The number of ether oxygens (including phenoxy) is 3. The maximum Gasteiger partial charge on any atom is 0.255 e. The lowest BCUT2D eigenvalue weighted by Gasteiger charge is -2.21. The Balaban J connectivity index is 1.82. The third-order valence-corrected chi connectivity index (χ3v) is 4.88. The number of benzene rings is 2. The Bertz CT molecular complexity index is 1110. The molecule has 1 heterocycles. The minimum atomic E-state index is -0.322. The molecule has 2 aromatic rings. The maximum atomic E-state index is 12.9. The fourth-order valence-electron chi connectivity index (χ4n) is 3.22. The predicted octanol–water partition coefficient (Wildman–Crippen LogP) is 4.51. The molecule has 166 valence electrons. The summed E-state index contributed by atoms with van der Waals surface area (Å²) in [5, 5.41) is 2.88. The lowest BCUT2D eigenvalue weighted by Crippen LogP contribution is -2.14. The normalized spacial score (nSPS) is 13.5. The molecular formula is C25H27N3O4. The highest BCUT2D eigenvalue weighted by Crippen LogP contribution is 2.38. The summed E-state index contributed by atoms with van der Waals surface area (Å²) in [5.74, 6) is 0.899. The van der Waals surface area contributed by atoms with Gasteiger partial charge in [-0.2, -0.15) is 0 Å². The van der Waals surface area contributed by atoms with Crippen LogP contribution in [0.15, 0.2) is 78.8 Å². The zero-order chi connectivity index (χ0) is 23.3. The molecule has 0 fully saturated rings. The molecule has 0 aliphatic carbocycles. The van der Waals surface area contributed by atoms with Crippen molar-refractivity contribution in [2.24, 2.45) is 5.73 Å². The molecule has 0 saturated heterocycles. The molecule has 32 heavy (non-hydrogen) atoms. The number of hydrogen-bond acceptors (Lipinski definition) is 6. The molecule has 0 bridgehead atoms. The van der Waals surface area contributed by atoms with Crippen LogP contribution in [0.4, 0.5) is 5.69 Å². The van der Waals surface area contributed by atoms with Crippen molar-refractivity contribution in [1.82, 2.24) is 4.90 Å². The summed E-state index contributed by atoms with van der Waals surface area (Å²) < 4.78 is 16.0. The van der Waals surface area contributed by atoms with Gasteiger partial charge in [0, 0.05) is 34.9 Å². The second-order valence-electron chi connectivity index (χ2n) is 7.14. The van der Waals surface area contributed by atoms with Gasteiger partial charge in [-0.05, 0) is 48.9 Å². The van der Waals surface area contributed by atoms with E-state index in [1.807, 2.05) is 42.3 Å². The van der Waals surface area contributed by atoms with Gasteiger partial charge in [0.25, 0.3) is 5.91 Å². The summed E-state index contributed by atoms with van der Waals surface area (Å²) in [7, 11) is 4.51. The lowest BCUT2D eigenvalue weighted by atomic mass is 10.1. The van der Waals surface area contributed by atoms with Crippen molar-refractivity contribution in [1.29, 1.82) is 0 Å². The number of carbonyl (C=O) groups is 1. The first-order chi connectivity index (χ1) is 15.4. The van der Waals surface area contributed by atoms with Crippen LogP contribution in [0.2, 0.25) is 0 Å². The van der Waals surface area contributed by atoms with E-state index in [2.05, 4.69) is 11.9 Å². The highest BCUT2D eigenvalue weighted by atomic mass is 16.5. The highest BCUT2D eigenvalue weighted by Gasteiger charge is 2.17. The first-order valence-corrected chi connectivity index (χ1v) is 9.89. The summed E-state index contributed by atoms with van der Waals surface area (Å²) >= 11 is 0. The number of nitrogens with two attached hydrogens (primary N) is 1. The van der Waals surface area contributed by atoms with Gasteiger partial charge in [-0.15, -0.1) is 0 Å². The van der Waals surface area contributed by atoms with Crippen molar-refractivity contribution in [3.05, 3.63) is 89.9 Å². The minimum absolute atomic E-state index is 0.322. The molecule has 7 nitrogen and oxygen atoms in total. The van der Waals surface area contributed by atoms with E-state index in [0.29, 0.717) is 34.2 Å². The summed E-state index contributed by atoms with van der Waals surface area (Å²) in [6.07, 6.45) is 7.65. The number of amides is 1. The first kappa shape index (κ1) is 22.6. The molecule has 0 aromatic heterocycles. The van der Waals surface area contributed by atoms with Gasteiger partial charge in [0.05, 0.1) is 27.0 Å². The van der Waals surface area contributed by atoms with E-state index in [1.54, 1.807) is 30.5 Å². The van der Waals surface area contributed by atoms with Crippen molar-refractivity contribution in [2.75, 3.05) is 26.6 Å². The molecule has 0 saturated carbocycles. The standard InChI is InChI=1S/C25H27N3O4/c1-16-9-10-28(17(2)11-16)15-21(26)18-7-6-8-20(12-18)27-25(29)19-13-22(30-3)24(32-5)23(14-19)31-4/h6-15H,2,26H2,1,3-5H3,(H,27,29)/b21-15-. The molecule has 0 atom stereocenters. The predicted molar refractivity (Wildman–Crippen MR) is 127 cm³/mol. The van der Waals surface area contributed by atoms with Crippen LogP contribution in [0.1, 0.15) is 22.8 Å². The summed E-state index contributed by atoms with van der Waals surface area (Å²) in [6, 6.07) is 10.5. The van der Waals surface area contributed by atoms with Crippen LogP contribution in [0.3, 0.4) is 0 Å². The van der Waals surface area contributed by atoms with E-state index in [9.17, 15) is 4.79 Å². The number of allylic oxidation sites excluding steroid dienone is 3. The second-order valence-corrected chi connectivity index (χ2v) is 7.14. The fraction of sp³-hybridized carbons (Fsp3) is 0.160. The van der Waals surface area contributed by atoms with Crippen LogP contribution in [0, 0.1) is 0 Å². The molecule has 7 heteroatoms. The smallest absolute Gasteiger partial charge is 0.255 e. The summed E-state index contributed by atoms with van der Waals surface area (Å²) in [6.45, 7) is 6.04. The van der Waals surface area contributed by atoms with Crippen molar-refractivity contribution in [2.45, 2.75) is 6.92 Å². The Hall–Kier alpha value is -4.13. The molecular weight excluding hydrogens is 406 g/mol. The Morgan fingerprint density at radius 1 is 1.06 bits per heavy atom. The monoisotopic (exact) mass is 433 g/mol. The van der Waals surface area contributed by atoms with Crippen LogP contribution in [0.25, 0.3) is 5.70 Å². The quantitative estimate of drug-likeness (QED) is 0.668. The van der Waals surface area contributed by atoms with E-state index in [0.717, 1.165) is 16.8 Å². The molecule has 3 rings (SSSR count). The summed E-state index contributed by atoms with van der Waals surface area (Å²) in [4.78, 5) is 14.7. The van der Waals surface area contributed by atoms with E-state index >= 15 is 0 Å². The molecule has 2 aromatic carbocycles. The van der Waals surface area contributed by atoms with Crippen LogP contribution in [-0.2, 0) is 0 Å². The van der Waals surface area contributed by atoms with Gasteiger partial charge in [-0.3, -0.25) is 4.79 Å². The van der Waals surface area contributed by atoms with E-state index in [4.69, 9.17) is 19.9 Å². The third kappa shape index (κ3) is 4.95. The Morgan fingerprint density at radius 3 is 2.34 bits per heavy atom. The van der Waals surface area contributed by atoms with Crippen LogP contribution >= 0.6 is 0 Å². The molecule has 1 aliphatic heterocycles. The zero-order valence-electron chi connectivity index (χ0n) is 18.6. The van der Waals surface area contributed by atoms with Crippen molar-refractivity contribution < 1.29 is 19.0 Å². The number of anilines is 1. The third-order valence-electron chi connectivity index (χ3n) is 4.88. The fourth-order valence-corrected chi connectivity index (χ4v) is 3.22. The number of hydrogen-bond donors (Lipinski definition) is 2. The number of methoxy groups -OCH3 is 3. The van der Waals surface area contributed by atoms with Gasteiger partial charge in [-0.25, -0.2) is 0 Å². The molecule has 0 spiro atoms.